The van der Waals surface area contributed by atoms with E-state index in [1.807, 2.05) is 20.8 Å². The van der Waals surface area contributed by atoms with Crippen molar-refractivity contribution in [2.75, 3.05) is 26.4 Å². The first-order valence-corrected chi connectivity index (χ1v) is 10.5. The number of hydrogen-bond acceptors (Lipinski definition) is 6. The van der Waals surface area contributed by atoms with E-state index in [0.29, 0.717) is 47.8 Å². The molecule has 0 heterocycles. The van der Waals surface area contributed by atoms with Gasteiger partial charge in [0, 0.05) is 17.5 Å². The minimum absolute atomic E-state index is 0.0509. The number of ketones is 1. The van der Waals surface area contributed by atoms with Crippen LogP contribution in [-0.2, 0) is 4.74 Å². The van der Waals surface area contributed by atoms with E-state index in [9.17, 15) is 14.7 Å². The van der Waals surface area contributed by atoms with Crippen molar-refractivity contribution < 1.29 is 34.0 Å². The van der Waals surface area contributed by atoms with Crippen LogP contribution in [0.5, 0.6) is 17.2 Å². The fraction of sp³-hybridized carbons (Fsp3) is 0.440. The molecule has 0 fully saturated rings. The summed E-state index contributed by atoms with van der Waals surface area (Å²) >= 11 is 0. The van der Waals surface area contributed by atoms with E-state index in [4.69, 9.17) is 19.3 Å². The lowest BCUT2D eigenvalue weighted by Crippen LogP contribution is -2.14. The van der Waals surface area contributed by atoms with E-state index in [2.05, 4.69) is 0 Å². The van der Waals surface area contributed by atoms with Crippen LogP contribution >= 0.6 is 0 Å². The molecule has 0 aliphatic carbocycles. The summed E-state index contributed by atoms with van der Waals surface area (Å²) < 4.78 is 16.8. The van der Waals surface area contributed by atoms with E-state index < -0.39 is 5.97 Å². The van der Waals surface area contributed by atoms with E-state index in [0.717, 1.165) is 0 Å². The van der Waals surface area contributed by atoms with Crippen molar-refractivity contribution in [2.24, 2.45) is 5.41 Å². The molecule has 2 rings (SSSR count). The van der Waals surface area contributed by atoms with Gasteiger partial charge in [0.15, 0.2) is 5.78 Å². The molecule has 32 heavy (non-hydrogen) atoms. The number of benzene rings is 2. The molecular formula is C25H32O7. The number of phenols is 1. The second-order valence-corrected chi connectivity index (χ2v) is 8.79. The molecule has 0 radical (unpaired) electrons. The molecule has 0 aliphatic heterocycles. The van der Waals surface area contributed by atoms with Crippen molar-refractivity contribution in [3.63, 3.8) is 0 Å². The van der Waals surface area contributed by atoms with E-state index in [1.165, 1.54) is 6.07 Å². The first-order chi connectivity index (χ1) is 15.0. The Hall–Kier alpha value is -3.06. The highest BCUT2D eigenvalue weighted by atomic mass is 16.5. The molecule has 0 unspecified atom stereocenters. The van der Waals surface area contributed by atoms with Gasteiger partial charge >= 0.3 is 5.97 Å². The normalized spacial score (nSPS) is 11.3. The second kappa shape index (κ2) is 11.0. The van der Waals surface area contributed by atoms with Crippen molar-refractivity contribution in [2.45, 2.75) is 41.0 Å². The van der Waals surface area contributed by atoms with Gasteiger partial charge < -0.3 is 24.4 Å². The molecule has 0 aliphatic rings. The number of rotatable bonds is 11. The molecule has 0 amide bonds. The van der Waals surface area contributed by atoms with Crippen LogP contribution in [0.25, 0.3) is 0 Å². The highest BCUT2D eigenvalue weighted by Crippen LogP contribution is 2.33. The van der Waals surface area contributed by atoms with E-state index in [1.54, 1.807) is 38.1 Å². The topological polar surface area (TPSA) is 102 Å². The highest BCUT2D eigenvalue weighted by Gasteiger charge is 2.21. The van der Waals surface area contributed by atoms with Gasteiger partial charge in [0.2, 0.25) is 0 Å². The second-order valence-electron chi connectivity index (χ2n) is 8.79. The molecule has 0 atom stereocenters. The van der Waals surface area contributed by atoms with Crippen molar-refractivity contribution >= 4 is 11.8 Å². The van der Waals surface area contributed by atoms with Gasteiger partial charge in [-0.15, -0.1) is 0 Å². The number of carbonyl (C=O) groups excluding carboxylic acids is 1. The summed E-state index contributed by atoms with van der Waals surface area (Å²) in [5.41, 5.74) is 1.44. The van der Waals surface area contributed by atoms with Crippen LogP contribution in [0.15, 0.2) is 30.3 Å². The molecule has 0 spiro atoms. The third kappa shape index (κ3) is 6.99. The van der Waals surface area contributed by atoms with Crippen LogP contribution in [-0.4, -0.2) is 48.4 Å². The zero-order valence-corrected chi connectivity index (χ0v) is 19.4. The number of aromatic hydroxyl groups is 1. The molecule has 7 heteroatoms. The van der Waals surface area contributed by atoms with Crippen LogP contribution in [0.2, 0.25) is 0 Å². The maximum absolute atomic E-state index is 12.4. The number of hydrogen-bond donors (Lipinski definition) is 2. The number of phenolic OH excluding ortho intramolecular Hbond substituents is 1. The molecular weight excluding hydrogens is 412 g/mol. The Morgan fingerprint density at radius 2 is 1.44 bits per heavy atom. The first kappa shape index (κ1) is 25.2. The van der Waals surface area contributed by atoms with Crippen LogP contribution in [0, 0.1) is 19.3 Å². The predicted octanol–water partition coefficient (Wildman–Crippen LogP) is 4.80. The smallest absolute Gasteiger partial charge is 0.336 e. The lowest BCUT2D eigenvalue weighted by molar-refractivity contribution is 0.0692. The fourth-order valence-electron chi connectivity index (χ4n) is 3.17. The average molecular weight is 445 g/mol. The van der Waals surface area contributed by atoms with Crippen LogP contribution in [0.1, 0.15) is 59.0 Å². The highest BCUT2D eigenvalue weighted by molar-refractivity contribution is 5.99. The fourth-order valence-corrected chi connectivity index (χ4v) is 3.17. The number of aromatic carboxylic acids is 1. The number of carboxylic acids is 1. The number of carbonyl (C=O) groups is 2. The third-order valence-electron chi connectivity index (χ3n) is 4.86. The zero-order chi connectivity index (χ0) is 23.9. The Labute approximate surface area is 188 Å². The average Bonchev–Trinajstić information content (AvgIpc) is 2.69. The van der Waals surface area contributed by atoms with Gasteiger partial charge in [0.1, 0.15) is 30.5 Å². The van der Waals surface area contributed by atoms with Gasteiger partial charge in [0.05, 0.1) is 24.3 Å². The molecule has 0 bridgehead atoms. The minimum Gasteiger partial charge on any atom is -0.507 e. The van der Waals surface area contributed by atoms with Crippen LogP contribution in [0.3, 0.4) is 0 Å². The molecule has 0 saturated carbocycles. The Bertz CT molecular complexity index is 957. The van der Waals surface area contributed by atoms with E-state index in [-0.39, 0.29) is 35.7 Å². The SMILES string of the molecule is Cc1c(OCCOCCOc2ccc(C(=O)CC(C)(C)C)c(O)c2C)cccc1C(=O)O. The number of ether oxygens (including phenoxy) is 3. The van der Waals surface area contributed by atoms with Crippen molar-refractivity contribution in [3.8, 4) is 17.2 Å². The summed E-state index contributed by atoms with van der Waals surface area (Å²) in [6, 6.07) is 8.17. The lowest BCUT2D eigenvalue weighted by atomic mass is 9.87. The predicted molar refractivity (Wildman–Crippen MR) is 121 cm³/mol. The van der Waals surface area contributed by atoms with Crippen molar-refractivity contribution in [3.05, 3.63) is 52.6 Å². The zero-order valence-electron chi connectivity index (χ0n) is 19.4. The lowest BCUT2D eigenvalue weighted by Gasteiger charge is -2.18. The number of carboxylic acid groups (broad SMARTS) is 1. The summed E-state index contributed by atoms with van der Waals surface area (Å²) in [6.45, 7) is 10.5. The summed E-state index contributed by atoms with van der Waals surface area (Å²) in [6.07, 6.45) is 0.343. The summed E-state index contributed by atoms with van der Waals surface area (Å²) in [5.74, 6) is -0.135. The van der Waals surface area contributed by atoms with Crippen LogP contribution in [0.4, 0.5) is 0 Å². The molecule has 7 nitrogen and oxygen atoms in total. The Kier molecular flexibility index (Phi) is 8.66. The van der Waals surface area contributed by atoms with Crippen LogP contribution < -0.4 is 9.47 Å². The monoisotopic (exact) mass is 444 g/mol. The molecule has 174 valence electrons. The van der Waals surface area contributed by atoms with Gasteiger partial charge in [0.25, 0.3) is 0 Å². The van der Waals surface area contributed by atoms with Gasteiger partial charge in [-0.1, -0.05) is 26.8 Å². The first-order valence-electron chi connectivity index (χ1n) is 10.5. The Morgan fingerprint density at radius 3 is 2.00 bits per heavy atom. The van der Waals surface area contributed by atoms with Crippen molar-refractivity contribution in [1.29, 1.82) is 0 Å². The summed E-state index contributed by atoms with van der Waals surface area (Å²) in [4.78, 5) is 23.6. The Morgan fingerprint density at radius 1 is 0.844 bits per heavy atom. The third-order valence-corrected chi connectivity index (χ3v) is 4.86. The Balaban J connectivity index is 1.78. The van der Waals surface area contributed by atoms with Gasteiger partial charge in [-0.2, -0.15) is 0 Å². The quantitative estimate of drug-likeness (QED) is 0.379. The number of Topliss-reactive ketones (excluding diaryl/α,β-unsaturated/α-hetero) is 1. The standard InChI is InChI=1S/C25H32O7/c1-16-18(24(28)29)7-6-8-21(16)31-13-11-30-12-14-32-22-10-9-19(23(27)17(22)2)20(26)15-25(3,4)5/h6-10,27H,11-15H2,1-5H3,(H,28,29). The summed E-state index contributed by atoms with van der Waals surface area (Å²) in [7, 11) is 0. The maximum atomic E-state index is 12.4. The molecule has 2 aromatic rings. The van der Waals surface area contributed by atoms with Gasteiger partial charge in [-0.05, 0) is 43.5 Å². The molecule has 2 aromatic carbocycles. The molecule has 0 saturated heterocycles. The van der Waals surface area contributed by atoms with Gasteiger partial charge in [-0.25, -0.2) is 4.79 Å². The largest absolute Gasteiger partial charge is 0.507 e. The van der Waals surface area contributed by atoms with Gasteiger partial charge in [-0.3, -0.25) is 4.79 Å². The van der Waals surface area contributed by atoms with E-state index >= 15 is 0 Å². The van der Waals surface area contributed by atoms with Crippen molar-refractivity contribution in [1.82, 2.24) is 0 Å². The molecule has 0 aromatic heterocycles. The molecule has 2 N–H and O–H groups in total. The minimum atomic E-state index is -0.991. The maximum Gasteiger partial charge on any atom is 0.336 e. The summed E-state index contributed by atoms with van der Waals surface area (Å²) in [5, 5.41) is 19.6.